The highest BCUT2D eigenvalue weighted by Gasteiger charge is 2.20. The summed E-state index contributed by atoms with van der Waals surface area (Å²) in [6.07, 6.45) is 2.55. The number of piperidine rings is 1. The Balaban J connectivity index is 2.21. The molecule has 0 amide bonds. The third kappa shape index (κ3) is 2.32. The molecule has 2 nitrogen and oxygen atoms in total. The number of likely N-dealkylation sites (N-methyl/N-ethyl adjacent to an activating group) is 1. The van der Waals surface area contributed by atoms with E-state index in [1.165, 1.54) is 30.5 Å². The van der Waals surface area contributed by atoms with Crippen molar-refractivity contribution in [3.63, 3.8) is 0 Å². The molecule has 1 aliphatic heterocycles. The third-order valence-corrected chi connectivity index (χ3v) is 3.32. The van der Waals surface area contributed by atoms with Crippen molar-refractivity contribution in [3.05, 3.63) is 29.3 Å². The van der Waals surface area contributed by atoms with Crippen LogP contribution in [0.2, 0.25) is 0 Å². The first-order chi connectivity index (χ1) is 7.16. The number of hydrogen-bond donors (Lipinski definition) is 1. The zero-order valence-corrected chi connectivity index (χ0v) is 9.53. The number of phenolic OH excluding ortho intramolecular Hbond substituents is 1. The fourth-order valence-corrected chi connectivity index (χ4v) is 2.54. The van der Waals surface area contributed by atoms with Crippen LogP contribution in [0.3, 0.4) is 0 Å². The summed E-state index contributed by atoms with van der Waals surface area (Å²) >= 11 is 0. The lowest BCUT2D eigenvalue weighted by molar-refractivity contribution is 0.250. The zero-order valence-electron chi connectivity index (χ0n) is 9.53. The summed E-state index contributed by atoms with van der Waals surface area (Å²) in [5.74, 6) is 1.02. The van der Waals surface area contributed by atoms with Gasteiger partial charge in [-0.3, -0.25) is 0 Å². The quantitative estimate of drug-likeness (QED) is 0.761. The standard InChI is InChI=1S/C13H19NO/c1-10-8-12(15)5-6-13(10)11-4-3-7-14(2)9-11/h5-6,8,11,15H,3-4,7,9H2,1-2H3. The molecule has 1 fully saturated rings. The fraction of sp³-hybridized carbons (Fsp3) is 0.538. The molecule has 1 aliphatic rings. The maximum Gasteiger partial charge on any atom is 0.115 e. The van der Waals surface area contributed by atoms with Crippen LogP contribution in [0.4, 0.5) is 0 Å². The molecule has 0 spiro atoms. The van der Waals surface area contributed by atoms with Gasteiger partial charge in [0.2, 0.25) is 0 Å². The maximum absolute atomic E-state index is 9.38. The van der Waals surface area contributed by atoms with Gasteiger partial charge in [0.05, 0.1) is 0 Å². The van der Waals surface area contributed by atoms with Gasteiger partial charge in [-0.15, -0.1) is 0 Å². The highest BCUT2D eigenvalue weighted by atomic mass is 16.3. The average Bonchev–Trinajstić information content (AvgIpc) is 2.17. The number of hydrogen-bond acceptors (Lipinski definition) is 2. The smallest absolute Gasteiger partial charge is 0.115 e. The predicted molar refractivity (Wildman–Crippen MR) is 62.3 cm³/mol. The molecule has 0 saturated carbocycles. The molecule has 2 rings (SSSR count). The molecule has 0 aromatic heterocycles. The Bertz CT molecular complexity index is 348. The minimum Gasteiger partial charge on any atom is -0.508 e. The van der Waals surface area contributed by atoms with Gasteiger partial charge in [0, 0.05) is 6.54 Å². The normalized spacial score (nSPS) is 22.9. The number of nitrogens with zero attached hydrogens (tertiary/aromatic N) is 1. The Labute approximate surface area is 91.5 Å². The predicted octanol–water partition coefficient (Wildman–Crippen LogP) is 2.51. The first kappa shape index (κ1) is 10.5. The van der Waals surface area contributed by atoms with Crippen molar-refractivity contribution in [1.82, 2.24) is 4.90 Å². The second kappa shape index (κ2) is 4.23. The van der Waals surface area contributed by atoms with Crippen LogP contribution < -0.4 is 0 Å². The minimum absolute atomic E-state index is 0.375. The molecule has 2 heteroatoms. The van der Waals surface area contributed by atoms with Crippen LogP contribution in [0.5, 0.6) is 5.75 Å². The lowest BCUT2D eigenvalue weighted by Gasteiger charge is -2.30. The van der Waals surface area contributed by atoms with Crippen LogP contribution in [0, 0.1) is 6.92 Å². The maximum atomic E-state index is 9.38. The Morgan fingerprint density at radius 2 is 2.20 bits per heavy atom. The van der Waals surface area contributed by atoms with Crippen molar-refractivity contribution in [2.45, 2.75) is 25.7 Å². The van der Waals surface area contributed by atoms with Gasteiger partial charge in [-0.25, -0.2) is 0 Å². The second-order valence-electron chi connectivity index (χ2n) is 4.64. The Morgan fingerprint density at radius 1 is 1.40 bits per heavy atom. The van der Waals surface area contributed by atoms with Crippen LogP contribution in [0.1, 0.15) is 29.9 Å². The Morgan fingerprint density at radius 3 is 2.87 bits per heavy atom. The van der Waals surface area contributed by atoms with E-state index in [0.29, 0.717) is 11.7 Å². The molecule has 15 heavy (non-hydrogen) atoms. The lowest BCUT2D eigenvalue weighted by Crippen LogP contribution is -2.31. The van der Waals surface area contributed by atoms with Gasteiger partial charge in [0.1, 0.15) is 5.75 Å². The van der Waals surface area contributed by atoms with Crippen LogP contribution in [0.25, 0.3) is 0 Å². The van der Waals surface area contributed by atoms with E-state index in [0.717, 1.165) is 6.54 Å². The van der Waals surface area contributed by atoms with Crippen LogP contribution in [0.15, 0.2) is 18.2 Å². The first-order valence-corrected chi connectivity index (χ1v) is 5.65. The second-order valence-corrected chi connectivity index (χ2v) is 4.64. The van der Waals surface area contributed by atoms with Crippen molar-refractivity contribution in [2.24, 2.45) is 0 Å². The number of aryl methyl sites for hydroxylation is 1. The van der Waals surface area contributed by atoms with Crippen LogP contribution >= 0.6 is 0 Å². The van der Waals surface area contributed by atoms with E-state index in [1.54, 1.807) is 6.07 Å². The number of rotatable bonds is 1. The van der Waals surface area contributed by atoms with Gasteiger partial charge in [0.25, 0.3) is 0 Å². The molecule has 0 bridgehead atoms. The summed E-state index contributed by atoms with van der Waals surface area (Å²) in [4.78, 5) is 2.39. The molecule has 0 radical (unpaired) electrons. The van der Waals surface area contributed by atoms with Crippen molar-refractivity contribution in [2.75, 3.05) is 20.1 Å². The van der Waals surface area contributed by atoms with E-state index in [2.05, 4.69) is 24.9 Å². The Hall–Kier alpha value is -1.02. The van der Waals surface area contributed by atoms with Gasteiger partial charge in [-0.05, 0) is 62.5 Å². The molecule has 1 aromatic carbocycles. The minimum atomic E-state index is 0.375. The van der Waals surface area contributed by atoms with Crippen molar-refractivity contribution in [3.8, 4) is 5.75 Å². The van der Waals surface area contributed by atoms with E-state index in [1.807, 2.05) is 6.07 Å². The van der Waals surface area contributed by atoms with E-state index in [9.17, 15) is 5.11 Å². The summed E-state index contributed by atoms with van der Waals surface area (Å²) in [6, 6.07) is 5.75. The SMILES string of the molecule is Cc1cc(O)ccc1C1CCCN(C)C1. The molecule has 82 valence electrons. The summed E-state index contributed by atoms with van der Waals surface area (Å²) in [6.45, 7) is 4.45. The van der Waals surface area contributed by atoms with E-state index >= 15 is 0 Å². The molecule has 0 aliphatic carbocycles. The molecular formula is C13H19NO. The average molecular weight is 205 g/mol. The monoisotopic (exact) mass is 205 g/mol. The highest BCUT2D eigenvalue weighted by Crippen LogP contribution is 2.30. The Kier molecular flexibility index (Phi) is 2.96. The molecule has 1 N–H and O–H groups in total. The van der Waals surface area contributed by atoms with Gasteiger partial charge in [-0.1, -0.05) is 6.07 Å². The summed E-state index contributed by atoms with van der Waals surface area (Å²) in [5.41, 5.74) is 2.62. The van der Waals surface area contributed by atoms with E-state index in [-0.39, 0.29) is 0 Å². The fourth-order valence-electron chi connectivity index (χ4n) is 2.54. The molecule has 1 unspecified atom stereocenters. The van der Waals surface area contributed by atoms with Gasteiger partial charge in [-0.2, -0.15) is 0 Å². The van der Waals surface area contributed by atoms with Gasteiger partial charge in [0.15, 0.2) is 0 Å². The van der Waals surface area contributed by atoms with Crippen molar-refractivity contribution >= 4 is 0 Å². The van der Waals surface area contributed by atoms with Gasteiger partial charge < -0.3 is 10.0 Å². The van der Waals surface area contributed by atoms with Gasteiger partial charge >= 0.3 is 0 Å². The van der Waals surface area contributed by atoms with E-state index in [4.69, 9.17) is 0 Å². The van der Waals surface area contributed by atoms with E-state index < -0.39 is 0 Å². The molecular weight excluding hydrogens is 186 g/mol. The number of phenols is 1. The van der Waals surface area contributed by atoms with Crippen molar-refractivity contribution in [1.29, 1.82) is 0 Å². The molecule has 1 saturated heterocycles. The topological polar surface area (TPSA) is 23.5 Å². The number of benzene rings is 1. The number of aromatic hydroxyl groups is 1. The third-order valence-electron chi connectivity index (χ3n) is 3.32. The lowest BCUT2D eigenvalue weighted by atomic mass is 9.88. The van der Waals surface area contributed by atoms with Crippen LogP contribution in [-0.2, 0) is 0 Å². The van der Waals surface area contributed by atoms with Crippen LogP contribution in [-0.4, -0.2) is 30.1 Å². The van der Waals surface area contributed by atoms with Crippen molar-refractivity contribution < 1.29 is 5.11 Å². The molecule has 1 aromatic rings. The summed E-state index contributed by atoms with van der Waals surface area (Å²) < 4.78 is 0. The summed E-state index contributed by atoms with van der Waals surface area (Å²) in [5, 5.41) is 9.38. The first-order valence-electron chi connectivity index (χ1n) is 5.65. The zero-order chi connectivity index (χ0) is 10.8. The molecule has 1 heterocycles. The molecule has 1 atom stereocenters. The largest absolute Gasteiger partial charge is 0.508 e. The summed E-state index contributed by atoms with van der Waals surface area (Å²) in [7, 11) is 2.18. The number of likely N-dealkylation sites (tertiary alicyclic amines) is 1. The highest BCUT2D eigenvalue weighted by molar-refractivity contribution is 5.36.